The number of pyridine rings is 1. The summed E-state index contributed by atoms with van der Waals surface area (Å²) in [5, 5.41) is 1.01. The summed E-state index contributed by atoms with van der Waals surface area (Å²) >= 11 is 0. The Morgan fingerprint density at radius 3 is 2.81 bits per heavy atom. The molecule has 0 bridgehead atoms. The van der Waals surface area contributed by atoms with Crippen molar-refractivity contribution in [3.63, 3.8) is 0 Å². The molecule has 0 unspecified atom stereocenters. The number of para-hydroxylation sites is 1. The van der Waals surface area contributed by atoms with E-state index in [1.54, 1.807) is 6.20 Å². The Hall–Kier alpha value is -1.94. The lowest BCUT2D eigenvalue weighted by Crippen LogP contribution is -2.21. The largest absolute Gasteiger partial charge is 0.370 e. The lowest BCUT2D eigenvalue weighted by Gasteiger charge is -2.11. The smallest absolute Gasteiger partial charge is 0.219 e. The van der Waals surface area contributed by atoms with Gasteiger partial charge in [-0.3, -0.25) is 9.78 Å². The molecule has 1 heterocycles. The highest BCUT2D eigenvalue weighted by atomic mass is 16.1. The molecule has 1 amide bonds. The molecule has 0 aliphatic heterocycles. The van der Waals surface area contributed by atoms with E-state index in [4.69, 9.17) is 11.5 Å². The second-order valence-electron chi connectivity index (χ2n) is 3.70. The summed E-state index contributed by atoms with van der Waals surface area (Å²) in [6.45, 7) is 0. The Kier molecular flexibility index (Phi) is 2.83. The van der Waals surface area contributed by atoms with Crippen molar-refractivity contribution in [3.8, 4) is 0 Å². The molecule has 4 heteroatoms. The standard InChI is InChI=1S/C12H13N3O/c13-10(7-11(14)16)9-5-1-3-8-4-2-6-15-12(8)9/h1-6,10H,7,13H2,(H2,14,16)/t10-/m0/s1. The SMILES string of the molecule is NC(=O)C[C@H](N)c1cccc2cccnc12. The lowest BCUT2D eigenvalue weighted by atomic mass is 10.0. The molecule has 16 heavy (non-hydrogen) atoms. The van der Waals surface area contributed by atoms with Crippen LogP contribution in [0.15, 0.2) is 36.5 Å². The van der Waals surface area contributed by atoms with Crippen molar-refractivity contribution >= 4 is 16.8 Å². The van der Waals surface area contributed by atoms with Gasteiger partial charge in [-0.05, 0) is 11.6 Å². The molecule has 0 aliphatic carbocycles. The molecule has 4 nitrogen and oxygen atoms in total. The second-order valence-corrected chi connectivity index (χ2v) is 3.70. The van der Waals surface area contributed by atoms with Crippen LogP contribution in [0.3, 0.4) is 0 Å². The number of rotatable bonds is 3. The van der Waals surface area contributed by atoms with Crippen molar-refractivity contribution in [2.45, 2.75) is 12.5 Å². The van der Waals surface area contributed by atoms with Crippen LogP contribution in [0.4, 0.5) is 0 Å². The summed E-state index contributed by atoms with van der Waals surface area (Å²) in [6.07, 6.45) is 1.85. The number of carbonyl (C=O) groups is 1. The predicted molar refractivity (Wildman–Crippen MR) is 62.5 cm³/mol. The monoisotopic (exact) mass is 215 g/mol. The first-order chi connectivity index (χ1) is 7.68. The molecule has 4 N–H and O–H groups in total. The molecule has 0 aliphatic rings. The maximum absolute atomic E-state index is 10.8. The summed E-state index contributed by atoms with van der Waals surface area (Å²) in [7, 11) is 0. The Balaban J connectivity index is 2.47. The summed E-state index contributed by atoms with van der Waals surface area (Å²) in [4.78, 5) is 15.1. The van der Waals surface area contributed by atoms with Gasteiger partial charge >= 0.3 is 0 Å². The number of nitrogens with two attached hydrogens (primary N) is 2. The third-order valence-corrected chi connectivity index (χ3v) is 2.48. The molecule has 0 spiro atoms. The molecule has 82 valence electrons. The van der Waals surface area contributed by atoms with Gasteiger partial charge in [-0.15, -0.1) is 0 Å². The molecule has 0 fully saturated rings. The first-order valence-electron chi connectivity index (χ1n) is 5.06. The van der Waals surface area contributed by atoms with Crippen molar-refractivity contribution < 1.29 is 4.79 Å². The Morgan fingerprint density at radius 1 is 1.31 bits per heavy atom. The third kappa shape index (κ3) is 2.01. The van der Waals surface area contributed by atoms with Gasteiger partial charge in [0.25, 0.3) is 0 Å². The number of aromatic nitrogens is 1. The summed E-state index contributed by atoms with van der Waals surface area (Å²) in [5.74, 6) is -0.402. The summed E-state index contributed by atoms with van der Waals surface area (Å²) in [5.41, 5.74) is 12.7. The minimum atomic E-state index is -0.402. The van der Waals surface area contributed by atoms with E-state index in [-0.39, 0.29) is 6.42 Å². The number of hydrogen-bond donors (Lipinski definition) is 2. The van der Waals surface area contributed by atoms with Crippen molar-refractivity contribution in [2.75, 3.05) is 0 Å². The van der Waals surface area contributed by atoms with Crippen LogP contribution in [0.1, 0.15) is 18.0 Å². The van der Waals surface area contributed by atoms with Crippen LogP contribution in [0, 0.1) is 0 Å². The van der Waals surface area contributed by atoms with Crippen molar-refractivity contribution in [3.05, 3.63) is 42.1 Å². The van der Waals surface area contributed by atoms with E-state index < -0.39 is 11.9 Å². The van der Waals surface area contributed by atoms with Gasteiger partial charge < -0.3 is 11.5 Å². The number of carbonyl (C=O) groups excluding carboxylic acids is 1. The highest BCUT2D eigenvalue weighted by Crippen LogP contribution is 2.22. The summed E-state index contributed by atoms with van der Waals surface area (Å²) in [6, 6.07) is 9.18. The van der Waals surface area contributed by atoms with Gasteiger partial charge in [0.2, 0.25) is 5.91 Å². The summed E-state index contributed by atoms with van der Waals surface area (Å²) < 4.78 is 0. The predicted octanol–water partition coefficient (Wildman–Crippen LogP) is 1.11. The van der Waals surface area contributed by atoms with E-state index >= 15 is 0 Å². The quantitative estimate of drug-likeness (QED) is 0.804. The van der Waals surface area contributed by atoms with E-state index in [0.29, 0.717) is 0 Å². The van der Waals surface area contributed by atoms with Crippen LogP contribution < -0.4 is 11.5 Å². The number of nitrogens with zero attached hydrogens (tertiary/aromatic N) is 1. The molecule has 0 radical (unpaired) electrons. The second kappa shape index (κ2) is 4.28. The number of amides is 1. The first-order valence-corrected chi connectivity index (χ1v) is 5.06. The minimum absolute atomic E-state index is 0.135. The molecular formula is C12H13N3O. The fourth-order valence-electron chi connectivity index (χ4n) is 1.75. The zero-order valence-corrected chi connectivity index (χ0v) is 8.76. The average Bonchev–Trinajstić information content (AvgIpc) is 2.27. The average molecular weight is 215 g/mol. The zero-order valence-electron chi connectivity index (χ0n) is 8.76. The van der Waals surface area contributed by atoms with Crippen molar-refractivity contribution in [1.29, 1.82) is 0 Å². The molecule has 2 aromatic rings. The number of hydrogen-bond acceptors (Lipinski definition) is 3. The van der Waals surface area contributed by atoms with Crippen LogP contribution >= 0.6 is 0 Å². The molecule has 1 aromatic carbocycles. The van der Waals surface area contributed by atoms with Crippen LogP contribution in [-0.4, -0.2) is 10.9 Å². The van der Waals surface area contributed by atoms with E-state index in [1.807, 2.05) is 30.3 Å². The zero-order chi connectivity index (χ0) is 11.5. The van der Waals surface area contributed by atoms with Gasteiger partial charge in [0, 0.05) is 24.0 Å². The van der Waals surface area contributed by atoms with Gasteiger partial charge in [0.05, 0.1) is 5.52 Å². The van der Waals surface area contributed by atoms with Crippen molar-refractivity contribution in [1.82, 2.24) is 4.98 Å². The van der Waals surface area contributed by atoms with Crippen molar-refractivity contribution in [2.24, 2.45) is 11.5 Å². The molecule has 2 rings (SSSR count). The van der Waals surface area contributed by atoms with Gasteiger partial charge in [-0.25, -0.2) is 0 Å². The van der Waals surface area contributed by atoms with Gasteiger partial charge in [-0.1, -0.05) is 24.3 Å². The molecule has 1 atom stereocenters. The fourth-order valence-corrected chi connectivity index (χ4v) is 1.75. The van der Waals surface area contributed by atoms with Crippen LogP contribution in [-0.2, 0) is 4.79 Å². The Labute approximate surface area is 93.3 Å². The van der Waals surface area contributed by atoms with Gasteiger partial charge in [0.1, 0.15) is 0 Å². The minimum Gasteiger partial charge on any atom is -0.370 e. The van der Waals surface area contributed by atoms with E-state index in [9.17, 15) is 4.79 Å². The van der Waals surface area contributed by atoms with Gasteiger partial charge in [-0.2, -0.15) is 0 Å². The van der Waals surface area contributed by atoms with E-state index in [1.165, 1.54) is 0 Å². The Bertz CT molecular complexity index is 519. The highest BCUT2D eigenvalue weighted by molar-refractivity contribution is 5.83. The topological polar surface area (TPSA) is 82.0 Å². The fraction of sp³-hybridized carbons (Fsp3) is 0.167. The Morgan fingerprint density at radius 2 is 2.06 bits per heavy atom. The lowest BCUT2D eigenvalue weighted by molar-refractivity contribution is -0.118. The number of benzene rings is 1. The maximum Gasteiger partial charge on any atom is 0.219 e. The molecule has 1 aromatic heterocycles. The number of primary amides is 1. The first kappa shape index (κ1) is 10.6. The third-order valence-electron chi connectivity index (χ3n) is 2.48. The molecular weight excluding hydrogens is 202 g/mol. The normalized spacial score (nSPS) is 12.6. The van der Waals surface area contributed by atoms with Crippen LogP contribution in [0.25, 0.3) is 10.9 Å². The maximum atomic E-state index is 10.8. The number of fused-ring (bicyclic) bond motifs is 1. The van der Waals surface area contributed by atoms with E-state index in [2.05, 4.69) is 4.98 Å². The molecule has 0 saturated heterocycles. The van der Waals surface area contributed by atoms with E-state index in [0.717, 1.165) is 16.5 Å². The van der Waals surface area contributed by atoms with Gasteiger partial charge in [0.15, 0.2) is 0 Å². The highest BCUT2D eigenvalue weighted by Gasteiger charge is 2.12. The molecule has 0 saturated carbocycles. The van der Waals surface area contributed by atoms with Crippen LogP contribution in [0.2, 0.25) is 0 Å². The van der Waals surface area contributed by atoms with Crippen LogP contribution in [0.5, 0.6) is 0 Å².